The summed E-state index contributed by atoms with van der Waals surface area (Å²) in [6.07, 6.45) is 3.71. The van der Waals surface area contributed by atoms with E-state index in [0.29, 0.717) is 24.3 Å². The Labute approximate surface area is 94.8 Å². The number of nitrogens with zero attached hydrogens (tertiary/aromatic N) is 1. The van der Waals surface area contributed by atoms with Gasteiger partial charge in [0.05, 0.1) is 0 Å². The van der Waals surface area contributed by atoms with Crippen LogP contribution in [0.3, 0.4) is 0 Å². The number of amides is 2. The molecule has 1 heterocycles. The molecule has 16 heavy (non-hydrogen) atoms. The maximum atomic E-state index is 12.1. The van der Waals surface area contributed by atoms with Gasteiger partial charge in [0, 0.05) is 17.7 Å². The zero-order chi connectivity index (χ0) is 11.4. The highest BCUT2D eigenvalue weighted by atomic mass is 16.2. The van der Waals surface area contributed by atoms with Gasteiger partial charge in [-0.1, -0.05) is 13.0 Å². The normalized spacial score (nSPS) is 36.3. The summed E-state index contributed by atoms with van der Waals surface area (Å²) in [5, 5.41) is 0. The molecular weight excluding hydrogens is 202 g/mol. The summed E-state index contributed by atoms with van der Waals surface area (Å²) in [5.74, 6) is 1.13. The van der Waals surface area contributed by atoms with Gasteiger partial charge >= 0.3 is 0 Å². The maximum Gasteiger partial charge on any atom is 0.257 e. The van der Waals surface area contributed by atoms with Crippen molar-refractivity contribution in [2.45, 2.75) is 19.8 Å². The van der Waals surface area contributed by atoms with Gasteiger partial charge in [0.2, 0.25) is 0 Å². The average Bonchev–Trinajstić information content (AvgIpc) is 2.85. The molecule has 0 N–H and O–H groups in total. The lowest BCUT2D eigenvalue weighted by atomic mass is 9.86. The molecular formula is C13H15NO2. The first-order chi connectivity index (χ1) is 7.65. The molecule has 0 radical (unpaired) electrons. The Balaban J connectivity index is 2.01. The highest BCUT2D eigenvalue weighted by Gasteiger charge is 2.54. The fourth-order valence-corrected chi connectivity index (χ4v) is 3.55. The summed E-state index contributed by atoms with van der Waals surface area (Å²) >= 11 is 0. The van der Waals surface area contributed by atoms with Gasteiger partial charge in [0.25, 0.3) is 11.8 Å². The second kappa shape index (κ2) is 3.06. The van der Waals surface area contributed by atoms with E-state index < -0.39 is 0 Å². The first-order valence-corrected chi connectivity index (χ1v) is 5.86. The molecule has 3 rings (SSSR count). The summed E-state index contributed by atoms with van der Waals surface area (Å²) in [4.78, 5) is 25.5. The third kappa shape index (κ3) is 0.984. The lowest BCUT2D eigenvalue weighted by Gasteiger charge is -2.17. The minimum Gasteiger partial charge on any atom is -0.271 e. The van der Waals surface area contributed by atoms with Crippen molar-refractivity contribution in [1.82, 2.24) is 4.90 Å². The lowest BCUT2D eigenvalue weighted by molar-refractivity contribution is -0.137. The first-order valence-electron chi connectivity index (χ1n) is 5.86. The van der Waals surface area contributed by atoms with Crippen molar-refractivity contribution in [3.8, 4) is 0 Å². The van der Waals surface area contributed by atoms with Crippen LogP contribution in [0.25, 0.3) is 0 Å². The Bertz CT molecular complexity index is 435. The number of carbonyl (C=O) groups is 2. The summed E-state index contributed by atoms with van der Waals surface area (Å²) in [6, 6.07) is 0. The molecule has 3 atom stereocenters. The monoisotopic (exact) mass is 217 g/mol. The number of imide groups is 1. The van der Waals surface area contributed by atoms with Crippen molar-refractivity contribution in [2.75, 3.05) is 6.54 Å². The fourth-order valence-electron chi connectivity index (χ4n) is 3.55. The second-order valence-electron chi connectivity index (χ2n) is 5.09. The van der Waals surface area contributed by atoms with Crippen LogP contribution in [-0.2, 0) is 9.59 Å². The molecule has 1 fully saturated rings. The second-order valence-corrected chi connectivity index (χ2v) is 5.09. The molecule has 0 aromatic carbocycles. The van der Waals surface area contributed by atoms with E-state index in [0.717, 1.165) is 24.0 Å². The van der Waals surface area contributed by atoms with E-state index >= 15 is 0 Å². The molecule has 0 aromatic heterocycles. The average molecular weight is 217 g/mol. The van der Waals surface area contributed by atoms with Gasteiger partial charge < -0.3 is 0 Å². The fraction of sp³-hybridized carbons (Fsp3) is 0.538. The molecule has 2 bridgehead atoms. The number of hydrogen-bond donors (Lipinski definition) is 0. The maximum absolute atomic E-state index is 12.1. The molecule has 3 unspecified atom stereocenters. The van der Waals surface area contributed by atoms with Crippen LogP contribution in [0.15, 0.2) is 23.8 Å². The van der Waals surface area contributed by atoms with Crippen molar-refractivity contribution >= 4 is 11.8 Å². The molecule has 1 saturated carbocycles. The van der Waals surface area contributed by atoms with Crippen molar-refractivity contribution in [2.24, 2.45) is 17.8 Å². The van der Waals surface area contributed by atoms with Crippen molar-refractivity contribution in [3.05, 3.63) is 23.8 Å². The van der Waals surface area contributed by atoms with Gasteiger partial charge in [-0.2, -0.15) is 0 Å². The Morgan fingerprint density at radius 2 is 2.00 bits per heavy atom. The number of rotatable bonds is 2. The zero-order valence-corrected chi connectivity index (χ0v) is 9.40. The molecule has 0 aromatic rings. The quantitative estimate of drug-likeness (QED) is 0.519. The molecule has 2 amide bonds. The van der Waals surface area contributed by atoms with Crippen LogP contribution in [0.1, 0.15) is 19.8 Å². The summed E-state index contributed by atoms with van der Waals surface area (Å²) < 4.78 is 0. The van der Waals surface area contributed by atoms with E-state index in [9.17, 15) is 9.59 Å². The summed E-state index contributed by atoms with van der Waals surface area (Å²) in [7, 11) is 0. The van der Waals surface area contributed by atoms with Crippen LogP contribution in [-0.4, -0.2) is 23.3 Å². The number of carbonyl (C=O) groups excluding carboxylic acids is 2. The topological polar surface area (TPSA) is 37.4 Å². The zero-order valence-electron chi connectivity index (χ0n) is 9.40. The summed E-state index contributed by atoms with van der Waals surface area (Å²) in [5.41, 5.74) is 1.66. The number of hydrogen-bond acceptors (Lipinski definition) is 2. The van der Waals surface area contributed by atoms with Crippen LogP contribution in [0, 0.1) is 17.8 Å². The van der Waals surface area contributed by atoms with E-state index in [2.05, 4.69) is 13.5 Å². The molecule has 1 aliphatic heterocycles. The van der Waals surface area contributed by atoms with Crippen LogP contribution in [0.2, 0.25) is 0 Å². The third-order valence-corrected chi connectivity index (χ3v) is 4.21. The molecule has 0 spiro atoms. The molecule has 3 heteroatoms. The van der Waals surface area contributed by atoms with Crippen molar-refractivity contribution < 1.29 is 9.59 Å². The Morgan fingerprint density at radius 3 is 2.69 bits per heavy atom. The number of fused-ring (bicyclic) bond motifs is 4. The largest absolute Gasteiger partial charge is 0.271 e. The minimum absolute atomic E-state index is 0.0562. The van der Waals surface area contributed by atoms with Gasteiger partial charge in [0.1, 0.15) is 0 Å². The van der Waals surface area contributed by atoms with Crippen LogP contribution in [0.5, 0.6) is 0 Å². The van der Waals surface area contributed by atoms with Crippen molar-refractivity contribution in [1.29, 1.82) is 0 Å². The van der Waals surface area contributed by atoms with Crippen LogP contribution < -0.4 is 0 Å². The van der Waals surface area contributed by atoms with Crippen LogP contribution in [0.4, 0.5) is 0 Å². The van der Waals surface area contributed by atoms with Gasteiger partial charge in [-0.3, -0.25) is 14.5 Å². The van der Waals surface area contributed by atoms with Crippen molar-refractivity contribution in [3.63, 3.8) is 0 Å². The highest BCUT2D eigenvalue weighted by Crippen LogP contribution is 2.54. The smallest absolute Gasteiger partial charge is 0.257 e. The predicted molar refractivity (Wildman–Crippen MR) is 59.3 cm³/mol. The molecule has 0 saturated heterocycles. The highest BCUT2D eigenvalue weighted by molar-refractivity contribution is 6.20. The lowest BCUT2D eigenvalue weighted by Crippen LogP contribution is -2.33. The Morgan fingerprint density at radius 1 is 1.31 bits per heavy atom. The molecule has 84 valence electrons. The first kappa shape index (κ1) is 9.82. The Kier molecular flexibility index (Phi) is 1.88. The molecule has 2 aliphatic carbocycles. The van der Waals surface area contributed by atoms with Crippen LogP contribution >= 0.6 is 0 Å². The van der Waals surface area contributed by atoms with Gasteiger partial charge in [-0.25, -0.2) is 0 Å². The van der Waals surface area contributed by atoms with E-state index in [1.807, 2.05) is 0 Å². The number of likely N-dealkylation sites (tertiary alicyclic amines) is 1. The standard InChI is InChI=1S/C13H15NO2/c1-3-4-14-12(15)10-8-5-7(2)9(6-8)11(10)13(14)16/h3,7-9H,1,4-6H2,2H3. The summed E-state index contributed by atoms with van der Waals surface area (Å²) in [6.45, 7) is 6.12. The van der Waals surface area contributed by atoms with Gasteiger partial charge in [0.15, 0.2) is 0 Å². The van der Waals surface area contributed by atoms with E-state index in [4.69, 9.17) is 0 Å². The van der Waals surface area contributed by atoms with Gasteiger partial charge in [-0.15, -0.1) is 6.58 Å². The van der Waals surface area contributed by atoms with E-state index in [1.165, 1.54) is 4.90 Å². The molecule has 3 aliphatic rings. The third-order valence-electron chi connectivity index (χ3n) is 4.21. The van der Waals surface area contributed by atoms with E-state index in [1.54, 1.807) is 6.08 Å². The SMILES string of the molecule is C=CCN1C(=O)C2=C(C1=O)C1CC2CC1C. The molecule has 3 nitrogen and oxygen atoms in total. The minimum atomic E-state index is -0.0565. The van der Waals surface area contributed by atoms with E-state index in [-0.39, 0.29) is 11.8 Å². The van der Waals surface area contributed by atoms with Gasteiger partial charge in [-0.05, 0) is 30.6 Å². The Hall–Kier alpha value is -1.38. The predicted octanol–water partition coefficient (Wildman–Crippen LogP) is 1.51.